The predicted octanol–water partition coefficient (Wildman–Crippen LogP) is 2.84. The van der Waals surface area contributed by atoms with Gasteiger partial charge in [0.1, 0.15) is 6.54 Å². The third kappa shape index (κ3) is 2.65. The molecule has 25 heavy (non-hydrogen) atoms. The minimum Gasteiger partial charge on any atom is -0.368 e. The standard InChI is InChI=1S/C18H15F3N2O2/c1-17(11-5-4-6-12(9-11)18(19,20)21)13-7-2-3-8-14(13)23(16(17)25)10-15(22)24/h2-9H,10H2,1H3,(H2,22,24)/t17-/m1/s1. The molecular weight excluding hydrogens is 333 g/mol. The van der Waals surface area contributed by atoms with Gasteiger partial charge in [-0.1, -0.05) is 36.4 Å². The largest absolute Gasteiger partial charge is 0.416 e. The molecule has 1 heterocycles. The average Bonchev–Trinajstić information content (AvgIpc) is 2.77. The van der Waals surface area contributed by atoms with E-state index in [-0.39, 0.29) is 12.1 Å². The molecule has 0 aromatic heterocycles. The number of anilines is 1. The molecule has 0 saturated carbocycles. The maximum Gasteiger partial charge on any atom is 0.416 e. The van der Waals surface area contributed by atoms with Gasteiger partial charge < -0.3 is 10.6 Å². The first kappa shape index (κ1) is 17.0. The van der Waals surface area contributed by atoms with Gasteiger partial charge in [0.2, 0.25) is 11.8 Å². The summed E-state index contributed by atoms with van der Waals surface area (Å²) in [7, 11) is 0. The molecule has 3 rings (SSSR count). The van der Waals surface area contributed by atoms with Gasteiger partial charge in [0, 0.05) is 5.69 Å². The quantitative estimate of drug-likeness (QED) is 0.927. The third-order valence-corrected chi connectivity index (χ3v) is 4.49. The number of hydrogen-bond acceptors (Lipinski definition) is 2. The number of hydrogen-bond donors (Lipinski definition) is 1. The zero-order chi connectivity index (χ0) is 18.4. The fourth-order valence-electron chi connectivity index (χ4n) is 3.22. The second kappa shape index (κ2) is 5.61. The molecule has 1 aliphatic rings. The summed E-state index contributed by atoms with van der Waals surface area (Å²) in [6.07, 6.45) is -4.51. The highest BCUT2D eigenvalue weighted by Crippen LogP contribution is 2.46. The Morgan fingerprint density at radius 1 is 1.16 bits per heavy atom. The first-order valence-electron chi connectivity index (χ1n) is 7.53. The molecule has 1 aliphatic heterocycles. The van der Waals surface area contributed by atoms with Gasteiger partial charge in [0.25, 0.3) is 0 Å². The summed E-state index contributed by atoms with van der Waals surface area (Å²) in [6.45, 7) is 1.23. The SMILES string of the molecule is C[C@]1(c2cccc(C(F)(F)F)c2)C(=O)N(CC(N)=O)c2ccccc21. The molecule has 2 aromatic carbocycles. The van der Waals surface area contributed by atoms with Crippen molar-refractivity contribution in [3.8, 4) is 0 Å². The van der Waals surface area contributed by atoms with E-state index in [2.05, 4.69) is 0 Å². The number of carbonyl (C=O) groups is 2. The van der Waals surface area contributed by atoms with Gasteiger partial charge in [-0.25, -0.2) is 0 Å². The third-order valence-electron chi connectivity index (χ3n) is 4.49. The molecule has 0 aliphatic carbocycles. The first-order chi connectivity index (χ1) is 11.7. The van der Waals surface area contributed by atoms with Crippen molar-refractivity contribution < 1.29 is 22.8 Å². The number of alkyl halides is 3. The number of para-hydroxylation sites is 1. The van der Waals surface area contributed by atoms with E-state index in [4.69, 9.17) is 5.73 Å². The van der Waals surface area contributed by atoms with Crippen molar-refractivity contribution >= 4 is 17.5 Å². The molecule has 7 heteroatoms. The fraction of sp³-hybridized carbons (Fsp3) is 0.222. The Labute approximate surface area is 142 Å². The van der Waals surface area contributed by atoms with E-state index in [9.17, 15) is 22.8 Å². The molecule has 2 amide bonds. The van der Waals surface area contributed by atoms with Crippen molar-refractivity contribution in [3.63, 3.8) is 0 Å². The second-order valence-corrected chi connectivity index (χ2v) is 6.08. The van der Waals surface area contributed by atoms with Crippen LogP contribution in [0.15, 0.2) is 48.5 Å². The summed E-state index contributed by atoms with van der Waals surface area (Å²) in [5.74, 6) is -1.18. The molecule has 0 unspecified atom stereocenters. The van der Waals surface area contributed by atoms with Crippen LogP contribution in [-0.2, 0) is 21.2 Å². The molecular formula is C18H15F3N2O2. The van der Waals surface area contributed by atoms with Crippen LogP contribution in [0.5, 0.6) is 0 Å². The molecule has 0 fully saturated rings. The summed E-state index contributed by atoms with van der Waals surface area (Å²) in [4.78, 5) is 25.6. The van der Waals surface area contributed by atoms with Crippen molar-refractivity contribution in [2.75, 3.05) is 11.4 Å². The topological polar surface area (TPSA) is 63.4 Å². The molecule has 0 bridgehead atoms. The van der Waals surface area contributed by atoms with Crippen LogP contribution in [-0.4, -0.2) is 18.4 Å². The van der Waals surface area contributed by atoms with Crippen molar-refractivity contribution in [2.24, 2.45) is 5.73 Å². The highest BCUT2D eigenvalue weighted by molar-refractivity contribution is 6.12. The van der Waals surface area contributed by atoms with Gasteiger partial charge in [-0.2, -0.15) is 13.2 Å². The zero-order valence-electron chi connectivity index (χ0n) is 13.3. The maximum atomic E-state index is 13.1. The van der Waals surface area contributed by atoms with Crippen molar-refractivity contribution in [1.82, 2.24) is 0 Å². The number of carbonyl (C=O) groups excluding carboxylic acids is 2. The Balaban J connectivity index is 2.18. The van der Waals surface area contributed by atoms with Crippen molar-refractivity contribution in [2.45, 2.75) is 18.5 Å². The molecule has 0 spiro atoms. The molecule has 4 nitrogen and oxygen atoms in total. The van der Waals surface area contributed by atoms with Crippen molar-refractivity contribution in [3.05, 3.63) is 65.2 Å². The maximum absolute atomic E-state index is 13.1. The lowest BCUT2D eigenvalue weighted by Gasteiger charge is -2.25. The lowest BCUT2D eigenvalue weighted by atomic mass is 9.77. The lowest BCUT2D eigenvalue weighted by molar-refractivity contribution is -0.137. The molecule has 0 radical (unpaired) electrons. The first-order valence-corrected chi connectivity index (χ1v) is 7.53. The summed E-state index contributed by atoms with van der Waals surface area (Å²) in [5, 5.41) is 0. The highest BCUT2D eigenvalue weighted by atomic mass is 19.4. The number of benzene rings is 2. The molecule has 1 atom stereocenters. The average molecular weight is 348 g/mol. The number of rotatable bonds is 3. The van der Waals surface area contributed by atoms with Crippen LogP contribution in [0.2, 0.25) is 0 Å². The minimum absolute atomic E-state index is 0.215. The Kier molecular flexibility index (Phi) is 3.82. The van der Waals surface area contributed by atoms with E-state index in [1.807, 2.05) is 0 Å². The van der Waals surface area contributed by atoms with Crippen LogP contribution in [0.3, 0.4) is 0 Å². The van der Waals surface area contributed by atoms with E-state index in [0.29, 0.717) is 11.3 Å². The van der Waals surface area contributed by atoms with Crippen LogP contribution >= 0.6 is 0 Å². The molecule has 0 saturated heterocycles. The van der Waals surface area contributed by atoms with Crippen LogP contribution in [0.4, 0.5) is 18.9 Å². The van der Waals surface area contributed by atoms with E-state index < -0.39 is 29.0 Å². The zero-order valence-corrected chi connectivity index (χ0v) is 13.3. The smallest absolute Gasteiger partial charge is 0.368 e. The minimum atomic E-state index is -4.51. The predicted molar refractivity (Wildman–Crippen MR) is 85.9 cm³/mol. The summed E-state index contributed by atoms with van der Waals surface area (Å²) >= 11 is 0. The number of amides is 2. The van der Waals surface area contributed by atoms with Crippen LogP contribution in [0, 0.1) is 0 Å². The second-order valence-electron chi connectivity index (χ2n) is 6.08. The van der Waals surface area contributed by atoms with E-state index in [0.717, 1.165) is 12.1 Å². The van der Waals surface area contributed by atoms with Crippen LogP contribution in [0.1, 0.15) is 23.6 Å². The summed E-state index contributed by atoms with van der Waals surface area (Å²) < 4.78 is 39.2. The summed E-state index contributed by atoms with van der Waals surface area (Å²) in [5.41, 5.74) is 4.30. The van der Waals surface area contributed by atoms with Crippen LogP contribution in [0.25, 0.3) is 0 Å². The normalized spacial score (nSPS) is 19.8. The monoisotopic (exact) mass is 348 g/mol. The van der Waals surface area contributed by atoms with Crippen LogP contribution < -0.4 is 10.6 Å². The Morgan fingerprint density at radius 3 is 2.48 bits per heavy atom. The number of nitrogens with two attached hydrogens (primary N) is 1. The highest BCUT2D eigenvalue weighted by Gasteiger charge is 2.49. The molecule has 2 N–H and O–H groups in total. The van der Waals surface area contributed by atoms with Gasteiger partial charge in [0.05, 0.1) is 11.0 Å². The molecule has 2 aromatic rings. The van der Waals surface area contributed by atoms with E-state index in [1.165, 1.54) is 17.0 Å². The fourth-order valence-corrected chi connectivity index (χ4v) is 3.22. The van der Waals surface area contributed by atoms with Gasteiger partial charge in [-0.15, -0.1) is 0 Å². The lowest BCUT2D eigenvalue weighted by Crippen LogP contribution is -2.43. The number of halogens is 3. The van der Waals surface area contributed by atoms with Gasteiger partial charge in [0.15, 0.2) is 0 Å². The number of primary amides is 1. The molecule has 130 valence electrons. The number of nitrogens with zero attached hydrogens (tertiary/aromatic N) is 1. The van der Waals surface area contributed by atoms with Crippen molar-refractivity contribution in [1.29, 1.82) is 0 Å². The Hall–Kier alpha value is -2.83. The Bertz CT molecular complexity index is 863. The number of fused-ring (bicyclic) bond motifs is 1. The summed E-state index contributed by atoms with van der Waals surface area (Å²) in [6, 6.07) is 11.4. The van der Waals surface area contributed by atoms with Gasteiger partial charge in [-0.05, 0) is 30.2 Å². The van der Waals surface area contributed by atoms with E-state index >= 15 is 0 Å². The van der Waals surface area contributed by atoms with E-state index in [1.54, 1.807) is 31.2 Å². The van der Waals surface area contributed by atoms with Gasteiger partial charge >= 0.3 is 6.18 Å². The van der Waals surface area contributed by atoms with Gasteiger partial charge in [-0.3, -0.25) is 9.59 Å². The Morgan fingerprint density at radius 2 is 1.84 bits per heavy atom.